The molecule has 22 heavy (non-hydrogen) atoms. The van der Waals surface area contributed by atoms with Gasteiger partial charge >= 0.3 is 137 Å². The van der Waals surface area contributed by atoms with Crippen molar-refractivity contribution in [3.05, 3.63) is 24.3 Å². The number of hydrogen-bond acceptors (Lipinski definition) is 1. The Kier molecular flexibility index (Phi) is 12.6. The monoisotopic (exact) mass is 370 g/mol. The Bertz CT molecular complexity index is 347. The first-order chi connectivity index (χ1) is 10.9. The molecule has 0 bridgehead atoms. The van der Waals surface area contributed by atoms with Crippen LogP contribution in [0.15, 0.2) is 24.3 Å². The van der Waals surface area contributed by atoms with E-state index in [-0.39, 0.29) is 0 Å². The topological polar surface area (TPSA) is 9.23 Å². The van der Waals surface area contributed by atoms with E-state index in [0.717, 1.165) is 5.75 Å². The number of ether oxygens (including phenoxy) is 1. The van der Waals surface area contributed by atoms with Crippen LogP contribution in [0, 0.1) is 0 Å². The van der Waals surface area contributed by atoms with Gasteiger partial charge in [0, 0.05) is 0 Å². The minimum absolute atomic E-state index is 0.644. The molecule has 0 aromatic heterocycles. The summed E-state index contributed by atoms with van der Waals surface area (Å²) in [6, 6.07) is 8.60. The van der Waals surface area contributed by atoms with Crippen molar-refractivity contribution < 1.29 is 4.74 Å². The summed E-state index contributed by atoms with van der Waals surface area (Å²) >= 11 is 0.644. The number of unbranched alkanes of at least 4 members (excludes halogenated alkanes) is 10. The molecule has 2 heteroatoms. The molecule has 1 rings (SSSR count). The summed E-state index contributed by atoms with van der Waals surface area (Å²) in [5, 5.41) is 1.39. The van der Waals surface area contributed by atoms with E-state index < -0.39 is 0 Å². The van der Waals surface area contributed by atoms with Crippen molar-refractivity contribution in [2.24, 2.45) is 0 Å². The van der Waals surface area contributed by atoms with Gasteiger partial charge in [0.25, 0.3) is 0 Å². The number of hydrogen-bond donors (Lipinski definition) is 0. The molecule has 1 aromatic carbocycles. The normalized spacial score (nSPS) is 10.8. The van der Waals surface area contributed by atoms with Gasteiger partial charge < -0.3 is 0 Å². The first-order valence-corrected chi connectivity index (χ1v) is 11.2. The van der Waals surface area contributed by atoms with E-state index in [9.17, 15) is 0 Å². The molecule has 0 spiro atoms. The summed E-state index contributed by atoms with van der Waals surface area (Å²) in [5.41, 5.74) is 0. The van der Waals surface area contributed by atoms with Crippen molar-refractivity contribution in [3.63, 3.8) is 0 Å². The van der Waals surface area contributed by atoms with Crippen molar-refractivity contribution in [1.29, 1.82) is 0 Å². The molecule has 0 N–H and O–H groups in total. The molecule has 0 unspecified atom stereocenters. The quantitative estimate of drug-likeness (QED) is 0.299. The predicted molar refractivity (Wildman–Crippen MR) is 99.7 cm³/mol. The standard InChI is InChI=1S/C20H34OSe/c1-3-4-5-6-7-8-9-10-11-12-13-18-22-20-16-14-19(21-2)15-17-20/h14-17H,3-13,18H2,1-2H3. The first-order valence-electron chi connectivity index (χ1n) is 9.13. The molecular formula is C20H34OSe. The fourth-order valence-electron chi connectivity index (χ4n) is 2.63. The van der Waals surface area contributed by atoms with Gasteiger partial charge in [-0.1, -0.05) is 6.92 Å². The summed E-state index contributed by atoms with van der Waals surface area (Å²) < 4.78 is 6.69. The van der Waals surface area contributed by atoms with Crippen LogP contribution in [-0.2, 0) is 0 Å². The van der Waals surface area contributed by atoms with Crippen LogP contribution in [0.4, 0.5) is 0 Å². The molecule has 0 saturated heterocycles. The van der Waals surface area contributed by atoms with Crippen LogP contribution in [-0.4, -0.2) is 22.1 Å². The zero-order chi connectivity index (χ0) is 15.9. The fraction of sp³-hybridized carbons (Fsp3) is 0.700. The Morgan fingerprint density at radius 1 is 0.727 bits per heavy atom. The molecule has 0 heterocycles. The molecule has 126 valence electrons. The molecule has 0 aliphatic carbocycles. The maximum absolute atomic E-state index is 5.19. The molecule has 0 saturated carbocycles. The summed E-state index contributed by atoms with van der Waals surface area (Å²) in [5.74, 6) is 0.967. The zero-order valence-corrected chi connectivity index (χ0v) is 16.3. The van der Waals surface area contributed by atoms with Gasteiger partial charge in [0.1, 0.15) is 0 Å². The summed E-state index contributed by atoms with van der Waals surface area (Å²) in [6.45, 7) is 2.29. The second-order valence-electron chi connectivity index (χ2n) is 6.06. The fourth-order valence-corrected chi connectivity index (χ4v) is 4.54. The Morgan fingerprint density at radius 2 is 1.23 bits per heavy atom. The summed E-state index contributed by atoms with van der Waals surface area (Å²) in [4.78, 5) is 0. The predicted octanol–water partition coefficient (Wildman–Crippen LogP) is 5.75. The Labute approximate surface area is 144 Å². The average Bonchev–Trinajstić information content (AvgIpc) is 2.56. The van der Waals surface area contributed by atoms with Gasteiger partial charge in [-0.05, 0) is 0 Å². The van der Waals surface area contributed by atoms with Crippen LogP contribution in [0.1, 0.15) is 77.6 Å². The van der Waals surface area contributed by atoms with E-state index in [1.165, 1.54) is 80.4 Å². The summed E-state index contributed by atoms with van der Waals surface area (Å²) in [7, 11) is 1.73. The van der Waals surface area contributed by atoms with Crippen molar-refractivity contribution in [3.8, 4) is 5.75 Å². The molecule has 0 radical (unpaired) electrons. The maximum atomic E-state index is 5.19. The van der Waals surface area contributed by atoms with Crippen LogP contribution < -0.4 is 9.20 Å². The second-order valence-corrected chi connectivity index (χ2v) is 8.51. The molecule has 1 nitrogen and oxygen atoms in total. The van der Waals surface area contributed by atoms with Crippen molar-refractivity contribution >= 4 is 19.4 Å². The first kappa shape index (κ1) is 19.6. The molecule has 0 fully saturated rings. The molecule has 0 aliphatic heterocycles. The Morgan fingerprint density at radius 3 is 1.73 bits per heavy atom. The minimum atomic E-state index is 0.644. The third-order valence-electron chi connectivity index (χ3n) is 4.08. The van der Waals surface area contributed by atoms with Gasteiger partial charge in [-0.3, -0.25) is 0 Å². The van der Waals surface area contributed by atoms with Gasteiger partial charge in [-0.25, -0.2) is 0 Å². The van der Waals surface area contributed by atoms with Crippen molar-refractivity contribution in [1.82, 2.24) is 0 Å². The third-order valence-corrected chi connectivity index (χ3v) is 6.38. The molecule has 0 amide bonds. The van der Waals surface area contributed by atoms with Crippen LogP contribution >= 0.6 is 0 Å². The van der Waals surface area contributed by atoms with Gasteiger partial charge in [-0.15, -0.1) is 0 Å². The van der Waals surface area contributed by atoms with E-state index in [0.29, 0.717) is 15.0 Å². The van der Waals surface area contributed by atoms with Gasteiger partial charge in [0.15, 0.2) is 0 Å². The van der Waals surface area contributed by atoms with Crippen LogP contribution in [0.2, 0.25) is 5.32 Å². The third kappa shape index (κ3) is 10.3. The van der Waals surface area contributed by atoms with Crippen LogP contribution in [0.5, 0.6) is 5.75 Å². The number of benzene rings is 1. The molecule has 0 aliphatic rings. The molecule has 0 atom stereocenters. The van der Waals surface area contributed by atoms with Gasteiger partial charge in [0.05, 0.1) is 0 Å². The molecule has 1 aromatic rings. The Hall–Kier alpha value is -0.461. The zero-order valence-electron chi connectivity index (χ0n) is 14.6. The summed E-state index contributed by atoms with van der Waals surface area (Å²) in [6.07, 6.45) is 15.8. The second kappa shape index (κ2) is 14.2. The van der Waals surface area contributed by atoms with E-state index >= 15 is 0 Å². The van der Waals surface area contributed by atoms with Crippen molar-refractivity contribution in [2.45, 2.75) is 82.9 Å². The van der Waals surface area contributed by atoms with E-state index in [4.69, 9.17) is 4.74 Å². The van der Waals surface area contributed by atoms with E-state index in [1.54, 1.807) is 7.11 Å². The SMILES string of the molecule is CCCCCCCCCCCCC[Se]c1ccc(OC)cc1. The van der Waals surface area contributed by atoms with Gasteiger partial charge in [0.2, 0.25) is 0 Å². The van der Waals surface area contributed by atoms with E-state index in [1.807, 2.05) is 0 Å². The average molecular weight is 369 g/mol. The number of rotatable bonds is 14. The van der Waals surface area contributed by atoms with Crippen LogP contribution in [0.25, 0.3) is 0 Å². The van der Waals surface area contributed by atoms with E-state index in [2.05, 4.69) is 31.2 Å². The molecular weight excluding hydrogens is 335 g/mol. The Balaban J connectivity index is 1.85. The van der Waals surface area contributed by atoms with Gasteiger partial charge in [-0.2, -0.15) is 0 Å². The number of methoxy groups -OCH3 is 1. The van der Waals surface area contributed by atoms with Crippen molar-refractivity contribution in [2.75, 3.05) is 7.11 Å². The van der Waals surface area contributed by atoms with Crippen LogP contribution in [0.3, 0.4) is 0 Å².